The summed E-state index contributed by atoms with van der Waals surface area (Å²) >= 11 is 0. The molecule has 0 radical (unpaired) electrons. The Kier molecular flexibility index (Phi) is 8.32. The first-order valence-corrected chi connectivity index (χ1v) is 12.6. The van der Waals surface area contributed by atoms with Crippen LogP contribution in [-0.2, 0) is 33.5 Å². The predicted octanol–water partition coefficient (Wildman–Crippen LogP) is 1.73. The first kappa shape index (κ1) is 27.9. The van der Waals surface area contributed by atoms with E-state index in [0.29, 0.717) is 16.7 Å². The van der Waals surface area contributed by atoms with Gasteiger partial charge in [-0.25, -0.2) is 0 Å². The maximum Gasteiger partial charge on any atom is 0.218 e. The summed E-state index contributed by atoms with van der Waals surface area (Å²) in [4.78, 5) is 11.9. The van der Waals surface area contributed by atoms with Gasteiger partial charge in [0.1, 0.15) is 17.3 Å². The lowest BCUT2D eigenvalue weighted by atomic mass is 9.59. The summed E-state index contributed by atoms with van der Waals surface area (Å²) < 4.78 is 11.6. The van der Waals surface area contributed by atoms with Crippen LogP contribution in [0.5, 0.6) is 0 Å². The number of carbonyl (C=O) groups excluding carboxylic acids is 1. The number of aliphatic hydroxyl groups excluding tert-OH is 1. The van der Waals surface area contributed by atoms with Crippen LogP contribution in [0.3, 0.4) is 0 Å². The number of benzene rings is 3. The summed E-state index contributed by atoms with van der Waals surface area (Å²) in [5.41, 5.74) is -4.88. The van der Waals surface area contributed by atoms with Crippen molar-refractivity contribution in [1.29, 1.82) is 0 Å². The first-order chi connectivity index (χ1) is 18.1. The molecule has 38 heavy (non-hydrogen) atoms. The number of amides is 1. The molecular weight excluding hydrogens is 486 g/mol. The molecule has 202 valence electrons. The molecule has 1 aliphatic rings. The van der Waals surface area contributed by atoms with Crippen molar-refractivity contribution < 1.29 is 34.7 Å². The summed E-state index contributed by atoms with van der Waals surface area (Å²) in [5, 5.41) is 51.2. The number of methoxy groups -OCH3 is 1. The minimum atomic E-state index is -2.34. The van der Waals surface area contributed by atoms with Gasteiger partial charge in [-0.2, -0.15) is 0 Å². The molecule has 0 saturated carbocycles. The highest BCUT2D eigenvalue weighted by Crippen LogP contribution is 2.50. The molecule has 1 saturated heterocycles. The second-order valence-corrected chi connectivity index (χ2v) is 9.97. The highest BCUT2D eigenvalue weighted by Gasteiger charge is 2.72. The monoisotopic (exact) mass is 521 g/mol. The van der Waals surface area contributed by atoms with Crippen LogP contribution in [0.1, 0.15) is 23.6 Å². The molecule has 0 spiro atoms. The molecule has 1 aliphatic heterocycles. The maximum atomic E-state index is 12.8. The van der Waals surface area contributed by atoms with Crippen LogP contribution in [0, 0.1) is 0 Å². The Hall–Kier alpha value is -3.11. The van der Waals surface area contributed by atoms with Crippen molar-refractivity contribution in [3.8, 4) is 0 Å². The number of hydrogen-bond acceptors (Lipinski definition) is 7. The lowest BCUT2D eigenvalue weighted by molar-refractivity contribution is -0.406. The smallest absolute Gasteiger partial charge is 0.218 e. The van der Waals surface area contributed by atoms with Gasteiger partial charge in [0.25, 0.3) is 0 Å². The third-order valence-corrected chi connectivity index (χ3v) is 7.35. The third-order valence-electron chi connectivity index (χ3n) is 7.35. The van der Waals surface area contributed by atoms with Gasteiger partial charge in [-0.1, -0.05) is 91.0 Å². The second kappa shape index (κ2) is 11.3. The average Bonchev–Trinajstić information content (AvgIpc) is 2.89. The van der Waals surface area contributed by atoms with Crippen LogP contribution in [-0.4, -0.2) is 68.9 Å². The van der Waals surface area contributed by atoms with E-state index < -0.39 is 41.3 Å². The minimum Gasteiger partial charge on any atom is -0.383 e. The normalized spacial score (nSPS) is 29.9. The van der Waals surface area contributed by atoms with Gasteiger partial charge in [0, 0.05) is 33.3 Å². The Balaban J connectivity index is 1.94. The van der Waals surface area contributed by atoms with Crippen LogP contribution in [0.2, 0.25) is 0 Å². The molecule has 6 atom stereocenters. The van der Waals surface area contributed by atoms with Crippen molar-refractivity contribution in [3.05, 3.63) is 108 Å². The molecule has 0 aliphatic carbocycles. The Labute approximate surface area is 222 Å². The molecule has 8 nitrogen and oxygen atoms in total. The first-order valence-electron chi connectivity index (χ1n) is 12.6. The predicted molar refractivity (Wildman–Crippen MR) is 141 cm³/mol. The number of rotatable bonds is 9. The largest absolute Gasteiger partial charge is 0.383 e. The standard InChI is InChI=1S/C30H35NO7/c1-21(32)31-26(33)25-28(34,18-22-12-6-3-7-13-22)30(36,20-24-16-10-5-11-17-24)29(35,27(37-2)38-25)19-23-14-8-4-9-15-23/h3-17,25-27,33-36H,18-20H2,1-2H3,(H,31,32)/t25-,26?,27+,28+,29+,30+/m1/s1. The van der Waals surface area contributed by atoms with Gasteiger partial charge in [-0.3, -0.25) is 4.79 Å². The van der Waals surface area contributed by atoms with Crippen molar-refractivity contribution in [1.82, 2.24) is 5.32 Å². The van der Waals surface area contributed by atoms with E-state index in [-0.39, 0.29) is 19.3 Å². The van der Waals surface area contributed by atoms with Gasteiger partial charge in [0.15, 0.2) is 18.1 Å². The Bertz CT molecular complexity index is 1190. The number of nitrogens with one attached hydrogen (secondary N) is 1. The van der Waals surface area contributed by atoms with Crippen molar-refractivity contribution in [2.24, 2.45) is 0 Å². The molecule has 1 unspecified atom stereocenters. The van der Waals surface area contributed by atoms with E-state index >= 15 is 0 Å². The second-order valence-electron chi connectivity index (χ2n) is 9.97. The fraction of sp³-hybridized carbons (Fsp3) is 0.367. The number of ether oxygens (including phenoxy) is 2. The van der Waals surface area contributed by atoms with Crippen LogP contribution >= 0.6 is 0 Å². The fourth-order valence-corrected chi connectivity index (χ4v) is 5.52. The fourth-order valence-electron chi connectivity index (χ4n) is 5.52. The molecule has 0 aromatic heterocycles. The lowest BCUT2D eigenvalue weighted by Gasteiger charge is -2.61. The number of carbonyl (C=O) groups is 1. The molecule has 4 rings (SSSR count). The van der Waals surface area contributed by atoms with Crippen molar-refractivity contribution in [2.75, 3.05) is 7.11 Å². The molecule has 3 aromatic rings. The van der Waals surface area contributed by atoms with E-state index in [1.54, 1.807) is 72.8 Å². The van der Waals surface area contributed by atoms with E-state index in [9.17, 15) is 25.2 Å². The van der Waals surface area contributed by atoms with Gasteiger partial charge in [-0.05, 0) is 16.7 Å². The van der Waals surface area contributed by atoms with E-state index in [4.69, 9.17) is 9.47 Å². The zero-order chi connectivity index (χ0) is 27.4. The minimum absolute atomic E-state index is 0.129. The molecule has 1 heterocycles. The van der Waals surface area contributed by atoms with Crippen molar-refractivity contribution >= 4 is 5.91 Å². The van der Waals surface area contributed by atoms with E-state index in [0.717, 1.165) is 0 Å². The summed E-state index contributed by atoms with van der Waals surface area (Å²) in [6.07, 6.45) is -5.29. The molecular formula is C30H35NO7. The van der Waals surface area contributed by atoms with E-state index in [1.807, 2.05) is 18.2 Å². The number of aliphatic hydroxyl groups is 4. The quantitative estimate of drug-likeness (QED) is 0.271. The SMILES string of the molecule is CO[C@H]1O[C@H](C(O)NC(C)=O)[C@@](O)(Cc2ccccc2)[C@@](O)(Cc2ccccc2)[C@]1(O)Cc1ccccc1. The Morgan fingerprint density at radius 2 is 1.24 bits per heavy atom. The highest BCUT2D eigenvalue weighted by molar-refractivity contribution is 5.73. The van der Waals surface area contributed by atoms with Gasteiger partial charge >= 0.3 is 0 Å². The third kappa shape index (κ3) is 5.24. The highest BCUT2D eigenvalue weighted by atomic mass is 16.7. The van der Waals surface area contributed by atoms with Gasteiger partial charge < -0.3 is 35.2 Å². The molecule has 1 fully saturated rings. The zero-order valence-corrected chi connectivity index (χ0v) is 21.5. The maximum absolute atomic E-state index is 12.8. The van der Waals surface area contributed by atoms with Crippen molar-refractivity contribution in [3.63, 3.8) is 0 Å². The molecule has 0 bridgehead atoms. The van der Waals surface area contributed by atoms with Crippen molar-refractivity contribution in [2.45, 2.75) is 61.6 Å². The van der Waals surface area contributed by atoms with E-state index in [1.165, 1.54) is 14.0 Å². The van der Waals surface area contributed by atoms with Crippen LogP contribution in [0.25, 0.3) is 0 Å². The van der Waals surface area contributed by atoms with Crippen LogP contribution < -0.4 is 5.32 Å². The zero-order valence-electron chi connectivity index (χ0n) is 21.5. The average molecular weight is 522 g/mol. The Morgan fingerprint density at radius 3 is 1.66 bits per heavy atom. The summed E-state index contributed by atoms with van der Waals surface area (Å²) in [6, 6.07) is 26.9. The van der Waals surface area contributed by atoms with E-state index in [2.05, 4.69) is 5.32 Å². The van der Waals surface area contributed by atoms with Crippen LogP contribution in [0.4, 0.5) is 0 Å². The van der Waals surface area contributed by atoms with Crippen LogP contribution in [0.15, 0.2) is 91.0 Å². The lowest BCUT2D eigenvalue weighted by Crippen LogP contribution is -2.84. The molecule has 1 amide bonds. The van der Waals surface area contributed by atoms with Gasteiger partial charge in [0.05, 0.1) is 0 Å². The molecule has 5 N–H and O–H groups in total. The summed E-state index contributed by atoms with van der Waals surface area (Å²) in [7, 11) is 1.31. The Morgan fingerprint density at radius 1 is 0.816 bits per heavy atom. The van der Waals surface area contributed by atoms with Gasteiger partial charge in [0.2, 0.25) is 5.91 Å². The summed E-state index contributed by atoms with van der Waals surface area (Å²) in [6.45, 7) is 1.22. The topological polar surface area (TPSA) is 128 Å². The molecule has 8 heteroatoms. The van der Waals surface area contributed by atoms with Gasteiger partial charge in [-0.15, -0.1) is 0 Å². The molecule has 3 aromatic carbocycles. The number of hydrogen-bond donors (Lipinski definition) is 5. The summed E-state index contributed by atoms with van der Waals surface area (Å²) in [5.74, 6) is -0.561.